The average Bonchev–Trinajstić information content (AvgIpc) is 2.10. The molecule has 2 atom stereocenters. The maximum absolute atomic E-state index is 5.65. The van der Waals surface area contributed by atoms with Crippen molar-refractivity contribution in [3.63, 3.8) is 0 Å². The first-order valence-electron chi connectivity index (χ1n) is 3.78. The molecule has 0 bridgehead atoms. The number of hydrogen-bond acceptors (Lipinski definition) is 1. The molecule has 0 aromatic carbocycles. The Morgan fingerprint density at radius 1 is 1.67 bits per heavy atom. The highest BCUT2D eigenvalue weighted by Gasteiger charge is 2.45. The summed E-state index contributed by atoms with van der Waals surface area (Å²) in [6.45, 7) is 6.73. The van der Waals surface area contributed by atoms with Crippen LogP contribution >= 0.6 is 0 Å². The lowest BCUT2D eigenvalue weighted by Crippen LogP contribution is -2.16. The Bertz CT molecular complexity index is 105. The van der Waals surface area contributed by atoms with Crippen molar-refractivity contribution in [2.24, 2.45) is 17.1 Å². The molecule has 2 unspecified atom stereocenters. The maximum atomic E-state index is 5.65. The molecular formula is C8H17N. The Balaban J connectivity index is 2.20. The quantitative estimate of drug-likeness (QED) is 0.601. The van der Waals surface area contributed by atoms with Crippen LogP contribution in [0, 0.1) is 11.3 Å². The summed E-state index contributed by atoms with van der Waals surface area (Å²) in [5.41, 5.74) is 6.27. The molecule has 2 N–H and O–H groups in total. The van der Waals surface area contributed by atoms with Crippen molar-refractivity contribution in [3.8, 4) is 0 Å². The van der Waals surface area contributed by atoms with E-state index in [1.807, 2.05) is 0 Å². The second kappa shape index (κ2) is 1.98. The lowest BCUT2D eigenvalue weighted by Gasteiger charge is -2.05. The van der Waals surface area contributed by atoms with Crippen LogP contribution in [0.4, 0.5) is 0 Å². The van der Waals surface area contributed by atoms with Gasteiger partial charge in [0.15, 0.2) is 0 Å². The molecule has 0 saturated heterocycles. The molecule has 1 nitrogen and oxygen atoms in total. The molecule has 0 amide bonds. The first kappa shape index (κ1) is 7.07. The largest absolute Gasteiger partial charge is 0.328 e. The molecule has 0 aromatic rings. The molecule has 9 heavy (non-hydrogen) atoms. The molecule has 1 heteroatoms. The Kier molecular flexibility index (Phi) is 1.55. The van der Waals surface area contributed by atoms with Crippen molar-refractivity contribution in [3.05, 3.63) is 0 Å². The Hall–Kier alpha value is -0.0400. The lowest BCUT2D eigenvalue weighted by atomic mass is 10.1. The molecule has 1 rings (SSSR count). The third-order valence-corrected chi connectivity index (χ3v) is 2.37. The number of rotatable bonds is 2. The molecule has 0 radical (unpaired) electrons. The van der Waals surface area contributed by atoms with Crippen LogP contribution in [-0.2, 0) is 0 Å². The Morgan fingerprint density at radius 2 is 2.11 bits per heavy atom. The molecule has 1 saturated carbocycles. The summed E-state index contributed by atoms with van der Waals surface area (Å²) < 4.78 is 0. The zero-order chi connectivity index (χ0) is 7.07. The lowest BCUT2D eigenvalue weighted by molar-refractivity contribution is 0.497. The van der Waals surface area contributed by atoms with E-state index in [1.165, 1.54) is 12.8 Å². The maximum Gasteiger partial charge on any atom is 0.00133 e. The standard InChI is InChI=1S/C8H17N/c1-6(9)4-7-5-8(7,2)3/h6-7H,4-5,9H2,1-3H3. The van der Waals surface area contributed by atoms with Crippen molar-refractivity contribution < 1.29 is 0 Å². The van der Waals surface area contributed by atoms with Gasteiger partial charge in [0.25, 0.3) is 0 Å². The van der Waals surface area contributed by atoms with Crippen molar-refractivity contribution in [2.45, 2.75) is 39.7 Å². The Labute approximate surface area is 57.6 Å². The van der Waals surface area contributed by atoms with Crippen LogP contribution in [0.25, 0.3) is 0 Å². The van der Waals surface area contributed by atoms with Crippen molar-refractivity contribution >= 4 is 0 Å². The highest BCUT2D eigenvalue weighted by atomic mass is 14.6. The smallest absolute Gasteiger partial charge is 0.00133 e. The molecule has 0 aromatic heterocycles. The van der Waals surface area contributed by atoms with Gasteiger partial charge in [0.2, 0.25) is 0 Å². The summed E-state index contributed by atoms with van der Waals surface area (Å²) >= 11 is 0. The summed E-state index contributed by atoms with van der Waals surface area (Å²) in [7, 11) is 0. The predicted octanol–water partition coefficient (Wildman–Crippen LogP) is 1.77. The third kappa shape index (κ3) is 1.68. The summed E-state index contributed by atoms with van der Waals surface area (Å²) in [6, 6.07) is 0.400. The van der Waals surface area contributed by atoms with E-state index in [4.69, 9.17) is 5.73 Å². The van der Waals surface area contributed by atoms with Gasteiger partial charge in [0, 0.05) is 6.04 Å². The number of nitrogens with two attached hydrogens (primary N) is 1. The van der Waals surface area contributed by atoms with Crippen LogP contribution in [0.3, 0.4) is 0 Å². The van der Waals surface area contributed by atoms with E-state index in [-0.39, 0.29) is 0 Å². The van der Waals surface area contributed by atoms with Gasteiger partial charge in [-0.25, -0.2) is 0 Å². The third-order valence-electron chi connectivity index (χ3n) is 2.37. The average molecular weight is 127 g/mol. The van der Waals surface area contributed by atoms with E-state index < -0.39 is 0 Å². The molecule has 0 heterocycles. The van der Waals surface area contributed by atoms with Crippen molar-refractivity contribution in [1.82, 2.24) is 0 Å². The second-order valence-electron chi connectivity index (χ2n) is 4.10. The van der Waals surface area contributed by atoms with Crippen LogP contribution in [0.5, 0.6) is 0 Å². The second-order valence-corrected chi connectivity index (χ2v) is 4.10. The van der Waals surface area contributed by atoms with E-state index in [0.717, 1.165) is 5.92 Å². The minimum absolute atomic E-state index is 0.400. The normalized spacial score (nSPS) is 34.0. The van der Waals surface area contributed by atoms with Gasteiger partial charge in [-0.05, 0) is 31.1 Å². The minimum atomic E-state index is 0.400. The fourth-order valence-electron chi connectivity index (χ4n) is 1.43. The Morgan fingerprint density at radius 3 is 2.22 bits per heavy atom. The molecule has 1 aliphatic carbocycles. The van der Waals surface area contributed by atoms with E-state index in [1.54, 1.807) is 0 Å². The topological polar surface area (TPSA) is 26.0 Å². The first-order valence-corrected chi connectivity index (χ1v) is 3.78. The van der Waals surface area contributed by atoms with E-state index in [2.05, 4.69) is 20.8 Å². The van der Waals surface area contributed by atoms with E-state index in [0.29, 0.717) is 11.5 Å². The van der Waals surface area contributed by atoms with Crippen LogP contribution in [-0.4, -0.2) is 6.04 Å². The zero-order valence-electron chi connectivity index (χ0n) is 6.65. The SMILES string of the molecule is CC(N)CC1CC1(C)C. The predicted molar refractivity (Wildman–Crippen MR) is 40.2 cm³/mol. The molecule has 1 aliphatic rings. The first-order chi connectivity index (χ1) is 4.02. The summed E-state index contributed by atoms with van der Waals surface area (Å²) in [5, 5.41) is 0. The van der Waals surface area contributed by atoms with Crippen LogP contribution < -0.4 is 5.73 Å². The molecule has 0 aliphatic heterocycles. The fourth-order valence-corrected chi connectivity index (χ4v) is 1.43. The molecule has 1 fully saturated rings. The van der Waals surface area contributed by atoms with Crippen LogP contribution in [0.2, 0.25) is 0 Å². The van der Waals surface area contributed by atoms with Gasteiger partial charge in [-0.1, -0.05) is 13.8 Å². The van der Waals surface area contributed by atoms with Crippen LogP contribution in [0.15, 0.2) is 0 Å². The summed E-state index contributed by atoms with van der Waals surface area (Å²) in [5.74, 6) is 0.914. The van der Waals surface area contributed by atoms with Gasteiger partial charge >= 0.3 is 0 Å². The van der Waals surface area contributed by atoms with Gasteiger partial charge in [-0.15, -0.1) is 0 Å². The number of hydrogen-bond donors (Lipinski definition) is 1. The zero-order valence-corrected chi connectivity index (χ0v) is 6.65. The van der Waals surface area contributed by atoms with Gasteiger partial charge < -0.3 is 5.73 Å². The minimum Gasteiger partial charge on any atom is -0.328 e. The van der Waals surface area contributed by atoms with Gasteiger partial charge in [-0.3, -0.25) is 0 Å². The van der Waals surface area contributed by atoms with Crippen molar-refractivity contribution in [2.75, 3.05) is 0 Å². The monoisotopic (exact) mass is 127 g/mol. The molecule has 0 spiro atoms. The van der Waals surface area contributed by atoms with Gasteiger partial charge in [-0.2, -0.15) is 0 Å². The summed E-state index contributed by atoms with van der Waals surface area (Å²) in [6.07, 6.45) is 2.60. The highest BCUT2D eigenvalue weighted by Crippen LogP contribution is 2.53. The fraction of sp³-hybridized carbons (Fsp3) is 1.00. The van der Waals surface area contributed by atoms with E-state index >= 15 is 0 Å². The van der Waals surface area contributed by atoms with Crippen molar-refractivity contribution in [1.29, 1.82) is 0 Å². The molecular weight excluding hydrogens is 110 g/mol. The van der Waals surface area contributed by atoms with Crippen LogP contribution in [0.1, 0.15) is 33.6 Å². The highest BCUT2D eigenvalue weighted by molar-refractivity contribution is 4.95. The molecule has 54 valence electrons. The van der Waals surface area contributed by atoms with E-state index in [9.17, 15) is 0 Å². The van der Waals surface area contributed by atoms with Gasteiger partial charge in [0.1, 0.15) is 0 Å². The summed E-state index contributed by atoms with van der Waals surface area (Å²) in [4.78, 5) is 0. The van der Waals surface area contributed by atoms with Gasteiger partial charge in [0.05, 0.1) is 0 Å².